The Morgan fingerprint density at radius 1 is 1.39 bits per heavy atom. The second-order valence-electron chi connectivity index (χ2n) is 4.57. The predicted octanol–water partition coefficient (Wildman–Crippen LogP) is 2.59. The zero-order valence-electron chi connectivity index (χ0n) is 11.3. The van der Waals surface area contributed by atoms with E-state index >= 15 is 0 Å². The highest BCUT2D eigenvalue weighted by atomic mass is 16.4. The van der Waals surface area contributed by atoms with Crippen molar-refractivity contribution in [2.45, 2.75) is 39.3 Å². The van der Waals surface area contributed by atoms with Crippen molar-refractivity contribution in [2.24, 2.45) is 0 Å². The average molecular weight is 250 g/mol. The maximum Gasteiger partial charge on any atom is 0.338 e. The molecule has 0 bridgehead atoms. The summed E-state index contributed by atoms with van der Waals surface area (Å²) in [6, 6.07) is 5.73. The minimum absolute atomic E-state index is 0.232. The number of nitrogen functional groups attached to an aromatic ring is 1. The number of hydrogen-bond acceptors (Lipinski definition) is 3. The molecule has 1 aromatic rings. The summed E-state index contributed by atoms with van der Waals surface area (Å²) in [4.78, 5) is 13.4. The van der Waals surface area contributed by atoms with Crippen molar-refractivity contribution in [3.8, 4) is 0 Å². The predicted molar refractivity (Wildman–Crippen MR) is 73.7 cm³/mol. The van der Waals surface area contributed by atoms with E-state index in [2.05, 4.69) is 18.7 Å². The maximum atomic E-state index is 11.2. The highest BCUT2D eigenvalue weighted by Crippen LogP contribution is 2.20. The molecular formula is C14H22N2O2. The lowest BCUT2D eigenvalue weighted by molar-refractivity contribution is 0.0695. The lowest BCUT2D eigenvalue weighted by Crippen LogP contribution is -2.30. The SMILES string of the molecule is CCC(CC)N(C)Cc1cccc(N)c1C(=O)O. The van der Waals surface area contributed by atoms with Gasteiger partial charge in [0.05, 0.1) is 5.56 Å². The largest absolute Gasteiger partial charge is 0.478 e. The third-order valence-electron chi connectivity index (χ3n) is 3.38. The molecule has 0 amide bonds. The van der Waals surface area contributed by atoms with E-state index in [-0.39, 0.29) is 5.56 Å². The number of hydrogen-bond donors (Lipinski definition) is 2. The van der Waals surface area contributed by atoms with Gasteiger partial charge >= 0.3 is 5.97 Å². The summed E-state index contributed by atoms with van der Waals surface area (Å²) in [5.74, 6) is -0.957. The molecule has 4 nitrogen and oxygen atoms in total. The second-order valence-corrected chi connectivity index (χ2v) is 4.57. The van der Waals surface area contributed by atoms with Crippen LogP contribution >= 0.6 is 0 Å². The van der Waals surface area contributed by atoms with Crippen LogP contribution in [0.3, 0.4) is 0 Å². The van der Waals surface area contributed by atoms with Crippen LogP contribution in [0, 0.1) is 0 Å². The van der Waals surface area contributed by atoms with Gasteiger partial charge in [0.15, 0.2) is 0 Å². The third-order valence-corrected chi connectivity index (χ3v) is 3.38. The van der Waals surface area contributed by atoms with E-state index in [1.807, 2.05) is 13.1 Å². The second kappa shape index (κ2) is 6.40. The van der Waals surface area contributed by atoms with E-state index in [0.29, 0.717) is 18.3 Å². The van der Waals surface area contributed by atoms with Gasteiger partial charge in [-0.05, 0) is 31.5 Å². The standard InChI is InChI=1S/C14H22N2O2/c1-4-11(5-2)16(3)9-10-7-6-8-12(15)13(10)14(17)18/h6-8,11H,4-5,9,15H2,1-3H3,(H,17,18). The Hall–Kier alpha value is -1.55. The number of benzene rings is 1. The molecular weight excluding hydrogens is 228 g/mol. The topological polar surface area (TPSA) is 66.6 Å². The Balaban J connectivity index is 2.97. The van der Waals surface area contributed by atoms with Gasteiger partial charge in [-0.2, -0.15) is 0 Å². The number of carbonyl (C=O) groups is 1. The molecule has 3 N–H and O–H groups in total. The van der Waals surface area contributed by atoms with Crippen LogP contribution in [-0.4, -0.2) is 29.1 Å². The third kappa shape index (κ3) is 3.23. The number of rotatable bonds is 6. The first kappa shape index (κ1) is 14.5. The van der Waals surface area contributed by atoms with Gasteiger partial charge in [0.25, 0.3) is 0 Å². The number of nitrogens with zero attached hydrogens (tertiary/aromatic N) is 1. The van der Waals surface area contributed by atoms with E-state index in [9.17, 15) is 9.90 Å². The van der Waals surface area contributed by atoms with Crippen LogP contribution in [0.2, 0.25) is 0 Å². The van der Waals surface area contributed by atoms with Gasteiger partial charge < -0.3 is 10.8 Å². The first-order valence-electron chi connectivity index (χ1n) is 6.32. The van der Waals surface area contributed by atoms with Crippen LogP contribution < -0.4 is 5.73 Å². The molecule has 0 unspecified atom stereocenters. The highest BCUT2D eigenvalue weighted by molar-refractivity contribution is 5.95. The smallest absolute Gasteiger partial charge is 0.338 e. The Morgan fingerprint density at radius 3 is 2.50 bits per heavy atom. The fourth-order valence-electron chi connectivity index (χ4n) is 2.32. The van der Waals surface area contributed by atoms with Gasteiger partial charge in [0.1, 0.15) is 0 Å². The normalized spacial score (nSPS) is 11.2. The van der Waals surface area contributed by atoms with Crippen LogP contribution in [0.4, 0.5) is 5.69 Å². The average Bonchev–Trinajstić information content (AvgIpc) is 2.30. The Labute approximate surface area is 108 Å². The van der Waals surface area contributed by atoms with E-state index < -0.39 is 5.97 Å². The molecule has 0 saturated heterocycles. The molecule has 0 aromatic heterocycles. The van der Waals surface area contributed by atoms with Gasteiger partial charge in [0.2, 0.25) is 0 Å². The van der Waals surface area contributed by atoms with E-state index in [1.54, 1.807) is 12.1 Å². The molecule has 4 heteroatoms. The number of aromatic carboxylic acids is 1. The van der Waals surface area contributed by atoms with Crippen molar-refractivity contribution < 1.29 is 9.90 Å². The van der Waals surface area contributed by atoms with Crippen LogP contribution in [0.15, 0.2) is 18.2 Å². The summed E-state index contributed by atoms with van der Waals surface area (Å²) in [5.41, 5.74) is 7.08. The number of anilines is 1. The van der Waals surface area contributed by atoms with Crippen molar-refractivity contribution >= 4 is 11.7 Å². The first-order valence-corrected chi connectivity index (χ1v) is 6.32. The van der Waals surface area contributed by atoms with Crippen molar-refractivity contribution in [3.05, 3.63) is 29.3 Å². The fraction of sp³-hybridized carbons (Fsp3) is 0.500. The summed E-state index contributed by atoms with van der Waals surface area (Å²) >= 11 is 0. The van der Waals surface area contributed by atoms with Gasteiger partial charge in [-0.3, -0.25) is 4.90 Å². The Bertz CT molecular complexity index is 414. The lowest BCUT2D eigenvalue weighted by atomic mass is 10.0. The molecule has 0 radical (unpaired) electrons. The van der Waals surface area contributed by atoms with Gasteiger partial charge in [0, 0.05) is 18.3 Å². The summed E-state index contributed by atoms with van der Waals surface area (Å²) in [5, 5.41) is 9.21. The van der Waals surface area contributed by atoms with Crippen LogP contribution in [-0.2, 0) is 6.54 Å². The number of nitrogens with two attached hydrogens (primary N) is 1. The van der Waals surface area contributed by atoms with Crippen molar-refractivity contribution in [1.29, 1.82) is 0 Å². The molecule has 100 valence electrons. The summed E-state index contributed by atoms with van der Waals surface area (Å²) in [7, 11) is 2.02. The first-order chi connectivity index (χ1) is 8.51. The monoisotopic (exact) mass is 250 g/mol. The molecule has 18 heavy (non-hydrogen) atoms. The lowest BCUT2D eigenvalue weighted by Gasteiger charge is -2.26. The molecule has 0 aliphatic carbocycles. The molecule has 0 aliphatic heterocycles. The quantitative estimate of drug-likeness (QED) is 0.761. The fourth-order valence-corrected chi connectivity index (χ4v) is 2.32. The van der Waals surface area contributed by atoms with E-state index in [4.69, 9.17) is 5.73 Å². The highest BCUT2D eigenvalue weighted by Gasteiger charge is 2.17. The molecule has 0 fully saturated rings. The minimum atomic E-state index is -0.957. The molecule has 0 spiro atoms. The van der Waals surface area contributed by atoms with Gasteiger partial charge in [-0.15, -0.1) is 0 Å². The Morgan fingerprint density at radius 2 is 2.00 bits per heavy atom. The van der Waals surface area contributed by atoms with Crippen molar-refractivity contribution in [2.75, 3.05) is 12.8 Å². The van der Waals surface area contributed by atoms with Crippen LogP contribution in [0.25, 0.3) is 0 Å². The van der Waals surface area contributed by atoms with Crippen molar-refractivity contribution in [3.63, 3.8) is 0 Å². The van der Waals surface area contributed by atoms with Gasteiger partial charge in [-0.25, -0.2) is 4.79 Å². The Kier molecular flexibility index (Phi) is 5.16. The molecule has 0 aliphatic rings. The van der Waals surface area contributed by atoms with Gasteiger partial charge in [-0.1, -0.05) is 26.0 Å². The number of carboxylic acids is 1. The molecule has 1 rings (SSSR count). The van der Waals surface area contributed by atoms with Crippen LogP contribution in [0.5, 0.6) is 0 Å². The van der Waals surface area contributed by atoms with E-state index in [1.165, 1.54) is 0 Å². The summed E-state index contributed by atoms with van der Waals surface area (Å²) in [6.07, 6.45) is 2.11. The minimum Gasteiger partial charge on any atom is -0.478 e. The zero-order chi connectivity index (χ0) is 13.7. The number of carboxylic acid groups (broad SMARTS) is 1. The molecule has 0 heterocycles. The maximum absolute atomic E-state index is 11.2. The van der Waals surface area contributed by atoms with Crippen molar-refractivity contribution in [1.82, 2.24) is 4.90 Å². The molecule has 0 atom stereocenters. The van der Waals surface area contributed by atoms with E-state index in [0.717, 1.165) is 18.4 Å². The summed E-state index contributed by atoms with van der Waals surface area (Å²) < 4.78 is 0. The zero-order valence-corrected chi connectivity index (χ0v) is 11.3. The van der Waals surface area contributed by atoms with Crippen LogP contribution in [0.1, 0.15) is 42.6 Å². The molecule has 1 aromatic carbocycles. The molecule has 0 saturated carbocycles. The summed E-state index contributed by atoms with van der Waals surface area (Å²) in [6.45, 7) is 4.89.